The van der Waals surface area contributed by atoms with E-state index in [0.717, 1.165) is 30.8 Å². The summed E-state index contributed by atoms with van der Waals surface area (Å²) in [5, 5.41) is 3.47. The minimum absolute atomic E-state index is 0.153. The molecule has 1 aliphatic carbocycles. The van der Waals surface area contributed by atoms with E-state index in [1.54, 1.807) is 0 Å². The molecule has 0 aromatic heterocycles. The van der Waals surface area contributed by atoms with Gasteiger partial charge in [0.05, 0.1) is 0 Å². The van der Waals surface area contributed by atoms with Crippen LogP contribution in [0.5, 0.6) is 0 Å². The fraction of sp³-hybridized carbons (Fsp3) is 0.389. The molecule has 1 N–H and O–H groups in total. The lowest BCUT2D eigenvalue weighted by Gasteiger charge is -2.25. The number of nitrogens with one attached hydrogen (secondary N) is 1. The monoisotopic (exact) mass is 284 g/mol. The Morgan fingerprint density at radius 2 is 1.90 bits per heavy atom. The van der Waals surface area contributed by atoms with Gasteiger partial charge in [0.1, 0.15) is 0 Å². The van der Waals surface area contributed by atoms with Gasteiger partial charge in [0.2, 0.25) is 5.91 Å². The molecule has 3 heteroatoms. The summed E-state index contributed by atoms with van der Waals surface area (Å²) >= 11 is 0. The first-order valence-corrected chi connectivity index (χ1v) is 7.63. The van der Waals surface area contributed by atoms with E-state index >= 15 is 0 Å². The Balaban J connectivity index is 2.00. The highest BCUT2D eigenvalue weighted by atomic mass is 16.2. The molecule has 0 aliphatic heterocycles. The fourth-order valence-electron chi connectivity index (χ4n) is 2.51. The van der Waals surface area contributed by atoms with Gasteiger partial charge in [0.25, 0.3) is 0 Å². The lowest BCUT2D eigenvalue weighted by atomic mass is 9.99. The SMILES string of the molecule is CCN(CC)C(=O)C1=CC=CC(Nc2ccc(C)cc2)C1. The maximum absolute atomic E-state index is 12.4. The van der Waals surface area contributed by atoms with Gasteiger partial charge in [-0.25, -0.2) is 0 Å². The van der Waals surface area contributed by atoms with Gasteiger partial charge in [-0.2, -0.15) is 0 Å². The van der Waals surface area contributed by atoms with Gasteiger partial charge in [-0.15, -0.1) is 0 Å². The number of carbonyl (C=O) groups excluding carboxylic acids is 1. The molecule has 1 unspecified atom stereocenters. The first-order valence-electron chi connectivity index (χ1n) is 7.63. The van der Waals surface area contributed by atoms with Gasteiger partial charge >= 0.3 is 0 Å². The van der Waals surface area contributed by atoms with E-state index in [1.807, 2.05) is 30.9 Å². The molecule has 1 atom stereocenters. The highest BCUT2D eigenvalue weighted by Crippen LogP contribution is 2.19. The largest absolute Gasteiger partial charge is 0.378 e. The first-order chi connectivity index (χ1) is 10.1. The number of allylic oxidation sites excluding steroid dienone is 2. The minimum atomic E-state index is 0.153. The van der Waals surface area contributed by atoms with E-state index < -0.39 is 0 Å². The van der Waals surface area contributed by atoms with Crippen LogP contribution in [0.15, 0.2) is 48.1 Å². The maximum atomic E-state index is 12.4. The van der Waals surface area contributed by atoms with Crippen molar-refractivity contribution in [3.8, 4) is 0 Å². The standard InChI is InChI=1S/C18H24N2O/c1-4-20(5-2)18(21)15-7-6-8-17(13-15)19-16-11-9-14(3)10-12-16/h6-12,17,19H,4-5,13H2,1-3H3. The van der Waals surface area contributed by atoms with Gasteiger partial charge in [0, 0.05) is 36.8 Å². The smallest absolute Gasteiger partial charge is 0.249 e. The zero-order chi connectivity index (χ0) is 15.2. The third-order valence-corrected chi connectivity index (χ3v) is 3.81. The maximum Gasteiger partial charge on any atom is 0.249 e. The molecule has 0 spiro atoms. The fourth-order valence-corrected chi connectivity index (χ4v) is 2.51. The molecule has 1 aromatic rings. The third-order valence-electron chi connectivity index (χ3n) is 3.81. The first kappa shape index (κ1) is 15.4. The number of hydrogen-bond donors (Lipinski definition) is 1. The lowest BCUT2D eigenvalue weighted by Crippen LogP contribution is -2.34. The second kappa shape index (κ2) is 7.11. The van der Waals surface area contributed by atoms with Crippen LogP contribution in [0, 0.1) is 6.92 Å². The van der Waals surface area contributed by atoms with Crippen LogP contribution in [0.2, 0.25) is 0 Å². The average Bonchev–Trinajstić information content (AvgIpc) is 2.51. The van der Waals surface area contributed by atoms with Gasteiger partial charge in [-0.3, -0.25) is 4.79 Å². The molecule has 0 radical (unpaired) electrons. The summed E-state index contributed by atoms with van der Waals surface area (Å²) in [6.45, 7) is 7.62. The van der Waals surface area contributed by atoms with Crippen LogP contribution in [0.4, 0.5) is 5.69 Å². The Kier molecular flexibility index (Phi) is 5.20. The van der Waals surface area contributed by atoms with Crippen molar-refractivity contribution >= 4 is 11.6 Å². The van der Waals surface area contributed by atoms with E-state index in [9.17, 15) is 4.79 Å². The summed E-state index contributed by atoms with van der Waals surface area (Å²) in [5.41, 5.74) is 3.22. The van der Waals surface area contributed by atoms with Gasteiger partial charge in [0.15, 0.2) is 0 Å². The number of hydrogen-bond acceptors (Lipinski definition) is 2. The van der Waals surface area contributed by atoms with E-state index in [4.69, 9.17) is 0 Å². The van der Waals surface area contributed by atoms with Gasteiger partial charge in [-0.1, -0.05) is 35.9 Å². The molecule has 0 heterocycles. The van der Waals surface area contributed by atoms with E-state index in [-0.39, 0.29) is 11.9 Å². The van der Waals surface area contributed by atoms with Crippen molar-refractivity contribution in [3.63, 3.8) is 0 Å². The second-order valence-electron chi connectivity index (χ2n) is 5.38. The molecule has 21 heavy (non-hydrogen) atoms. The molecule has 0 saturated carbocycles. The normalized spacial score (nSPS) is 17.3. The predicted molar refractivity (Wildman–Crippen MR) is 88.4 cm³/mol. The van der Waals surface area contributed by atoms with Crippen molar-refractivity contribution in [1.82, 2.24) is 4.90 Å². The van der Waals surface area contributed by atoms with Crippen LogP contribution in [0.3, 0.4) is 0 Å². The molecule has 0 saturated heterocycles. The lowest BCUT2D eigenvalue weighted by molar-refractivity contribution is -0.126. The van der Waals surface area contributed by atoms with Gasteiger partial charge in [-0.05, 0) is 32.9 Å². The summed E-state index contributed by atoms with van der Waals surface area (Å²) in [7, 11) is 0. The van der Waals surface area contributed by atoms with Crippen LogP contribution >= 0.6 is 0 Å². The number of rotatable bonds is 5. The van der Waals surface area contributed by atoms with Crippen LogP contribution in [0.25, 0.3) is 0 Å². The summed E-state index contributed by atoms with van der Waals surface area (Å²) in [6.07, 6.45) is 6.76. The molecule has 3 nitrogen and oxygen atoms in total. The highest BCUT2D eigenvalue weighted by Gasteiger charge is 2.20. The van der Waals surface area contributed by atoms with Crippen LogP contribution in [-0.4, -0.2) is 29.9 Å². The third kappa shape index (κ3) is 3.97. The summed E-state index contributed by atoms with van der Waals surface area (Å²) in [6, 6.07) is 8.51. The molecule has 0 bridgehead atoms. The Bertz CT molecular complexity index is 539. The summed E-state index contributed by atoms with van der Waals surface area (Å²) in [4.78, 5) is 14.3. The number of benzene rings is 1. The molecular formula is C18H24N2O. The van der Waals surface area contributed by atoms with Crippen LogP contribution in [0.1, 0.15) is 25.8 Å². The summed E-state index contributed by atoms with van der Waals surface area (Å²) < 4.78 is 0. The molecule has 112 valence electrons. The van der Waals surface area contributed by atoms with E-state index in [0.29, 0.717) is 0 Å². The second-order valence-corrected chi connectivity index (χ2v) is 5.38. The average molecular weight is 284 g/mol. The number of anilines is 1. The Morgan fingerprint density at radius 3 is 2.52 bits per heavy atom. The molecule has 2 rings (SSSR count). The number of amides is 1. The Labute approximate surface area is 127 Å². The van der Waals surface area contributed by atoms with Crippen molar-refractivity contribution in [2.24, 2.45) is 0 Å². The van der Waals surface area contributed by atoms with Crippen molar-refractivity contribution in [1.29, 1.82) is 0 Å². The molecule has 0 fully saturated rings. The van der Waals surface area contributed by atoms with Crippen molar-refractivity contribution in [2.75, 3.05) is 18.4 Å². The molecule has 1 aromatic carbocycles. The highest BCUT2D eigenvalue weighted by molar-refractivity contribution is 5.94. The molecule has 1 amide bonds. The number of nitrogens with zero attached hydrogens (tertiary/aromatic N) is 1. The van der Waals surface area contributed by atoms with E-state index in [1.165, 1.54) is 5.56 Å². The summed E-state index contributed by atoms with van der Waals surface area (Å²) in [5.74, 6) is 0.153. The van der Waals surface area contributed by atoms with Gasteiger partial charge < -0.3 is 10.2 Å². The Hall–Kier alpha value is -2.03. The molecular weight excluding hydrogens is 260 g/mol. The zero-order valence-corrected chi connectivity index (χ0v) is 13.1. The Morgan fingerprint density at radius 1 is 1.24 bits per heavy atom. The van der Waals surface area contributed by atoms with Crippen molar-refractivity contribution in [3.05, 3.63) is 53.6 Å². The number of aryl methyl sites for hydroxylation is 1. The zero-order valence-electron chi connectivity index (χ0n) is 13.1. The predicted octanol–water partition coefficient (Wildman–Crippen LogP) is 3.53. The quantitative estimate of drug-likeness (QED) is 0.897. The van der Waals surface area contributed by atoms with Crippen LogP contribution < -0.4 is 5.32 Å². The number of carbonyl (C=O) groups is 1. The van der Waals surface area contributed by atoms with E-state index in [2.05, 4.69) is 42.6 Å². The van der Waals surface area contributed by atoms with Crippen molar-refractivity contribution in [2.45, 2.75) is 33.2 Å². The van der Waals surface area contributed by atoms with Crippen LogP contribution in [-0.2, 0) is 4.79 Å². The number of likely N-dealkylation sites (N-methyl/N-ethyl adjacent to an activating group) is 1. The minimum Gasteiger partial charge on any atom is -0.378 e. The molecule has 1 aliphatic rings. The van der Waals surface area contributed by atoms with Crippen molar-refractivity contribution < 1.29 is 4.79 Å². The topological polar surface area (TPSA) is 32.3 Å².